The quantitative estimate of drug-likeness (QED) is 0.194. The number of Topliss-reactive ketones (excluding diaryl/α,β-unsaturated/α-hetero) is 1. The molecule has 2 amide bonds. The second-order valence-corrected chi connectivity index (χ2v) is 8.92. The topological polar surface area (TPSA) is 80.8 Å². The number of fused-ring (bicyclic) bond motifs is 1. The van der Waals surface area contributed by atoms with Gasteiger partial charge in [-0.1, -0.05) is 60.7 Å². The normalized spacial score (nSPS) is 12.4. The van der Waals surface area contributed by atoms with E-state index in [2.05, 4.69) is 0 Å². The number of rotatable bonds is 6. The van der Waals surface area contributed by atoms with Gasteiger partial charge in [0.1, 0.15) is 0 Å². The second-order valence-electron chi connectivity index (χ2n) is 8.92. The van der Waals surface area contributed by atoms with Crippen molar-refractivity contribution >= 4 is 29.3 Å². The van der Waals surface area contributed by atoms with Gasteiger partial charge in [0.05, 0.1) is 22.4 Å². The molecule has 37 heavy (non-hydrogen) atoms. The molecule has 1 heterocycles. The lowest BCUT2D eigenvalue weighted by Gasteiger charge is -2.15. The molecular weight excluding hydrogens is 466 g/mol. The largest absolute Gasteiger partial charge is 0.454 e. The molecule has 0 spiro atoms. The van der Waals surface area contributed by atoms with Crippen LogP contribution >= 0.6 is 0 Å². The van der Waals surface area contributed by atoms with Gasteiger partial charge in [-0.15, -0.1) is 0 Å². The Morgan fingerprint density at radius 1 is 0.676 bits per heavy atom. The van der Waals surface area contributed by atoms with Gasteiger partial charge < -0.3 is 4.74 Å². The molecule has 6 heteroatoms. The van der Waals surface area contributed by atoms with Crippen molar-refractivity contribution in [2.45, 2.75) is 13.8 Å². The molecule has 0 aliphatic carbocycles. The van der Waals surface area contributed by atoms with Crippen LogP contribution in [-0.2, 0) is 4.74 Å². The maximum atomic E-state index is 13.1. The number of ketones is 1. The number of carbonyl (C=O) groups is 4. The Hall–Kier alpha value is -4.84. The van der Waals surface area contributed by atoms with Crippen molar-refractivity contribution < 1.29 is 23.9 Å². The summed E-state index contributed by atoms with van der Waals surface area (Å²) in [5.74, 6) is -2.05. The lowest BCUT2D eigenvalue weighted by atomic mass is 10.0. The fourth-order valence-electron chi connectivity index (χ4n) is 4.24. The minimum Gasteiger partial charge on any atom is -0.454 e. The van der Waals surface area contributed by atoms with Crippen LogP contribution in [0, 0.1) is 13.8 Å². The summed E-state index contributed by atoms with van der Waals surface area (Å²) in [6.07, 6.45) is 0. The molecule has 0 radical (unpaired) electrons. The third-order valence-corrected chi connectivity index (χ3v) is 6.52. The van der Waals surface area contributed by atoms with E-state index >= 15 is 0 Å². The number of aryl methyl sites for hydroxylation is 2. The van der Waals surface area contributed by atoms with E-state index in [1.807, 2.05) is 62.4 Å². The zero-order valence-electron chi connectivity index (χ0n) is 20.4. The van der Waals surface area contributed by atoms with E-state index in [1.165, 1.54) is 18.2 Å². The van der Waals surface area contributed by atoms with Crippen LogP contribution in [0.5, 0.6) is 0 Å². The van der Waals surface area contributed by atoms with Crippen molar-refractivity contribution in [1.82, 2.24) is 0 Å². The number of hydrogen-bond donors (Lipinski definition) is 0. The molecule has 6 nitrogen and oxygen atoms in total. The van der Waals surface area contributed by atoms with Crippen LogP contribution < -0.4 is 4.90 Å². The molecule has 5 rings (SSSR count). The molecule has 1 aliphatic heterocycles. The number of carbonyl (C=O) groups excluding carboxylic acids is 4. The maximum Gasteiger partial charge on any atom is 0.338 e. The lowest BCUT2D eigenvalue weighted by molar-refractivity contribution is 0.0474. The van der Waals surface area contributed by atoms with Crippen molar-refractivity contribution in [3.05, 3.63) is 124 Å². The summed E-state index contributed by atoms with van der Waals surface area (Å²) in [4.78, 5) is 52.3. The first kappa shape index (κ1) is 23.9. The smallest absolute Gasteiger partial charge is 0.338 e. The van der Waals surface area contributed by atoms with Gasteiger partial charge in [0.15, 0.2) is 12.4 Å². The highest BCUT2D eigenvalue weighted by Gasteiger charge is 2.37. The average molecular weight is 490 g/mol. The molecule has 4 aromatic carbocycles. The molecule has 182 valence electrons. The summed E-state index contributed by atoms with van der Waals surface area (Å²) in [6.45, 7) is 3.41. The number of benzene rings is 4. The third-order valence-electron chi connectivity index (χ3n) is 6.52. The highest BCUT2D eigenvalue weighted by Crippen LogP contribution is 2.30. The van der Waals surface area contributed by atoms with Crippen LogP contribution in [0.4, 0.5) is 5.69 Å². The van der Waals surface area contributed by atoms with Crippen LogP contribution in [0.1, 0.15) is 52.6 Å². The predicted molar refractivity (Wildman–Crippen MR) is 140 cm³/mol. The van der Waals surface area contributed by atoms with E-state index in [0.29, 0.717) is 11.3 Å². The summed E-state index contributed by atoms with van der Waals surface area (Å²) in [5.41, 5.74) is 5.34. The number of hydrogen-bond acceptors (Lipinski definition) is 5. The van der Waals surface area contributed by atoms with Crippen LogP contribution in [0.2, 0.25) is 0 Å². The summed E-state index contributed by atoms with van der Waals surface area (Å²) in [5, 5.41) is 0. The summed E-state index contributed by atoms with van der Waals surface area (Å²) in [7, 11) is 0. The first-order chi connectivity index (χ1) is 17.8. The molecule has 0 saturated heterocycles. The molecule has 4 aromatic rings. The first-order valence-electron chi connectivity index (χ1n) is 11.8. The van der Waals surface area contributed by atoms with E-state index in [0.717, 1.165) is 27.2 Å². The van der Waals surface area contributed by atoms with E-state index in [4.69, 9.17) is 4.74 Å². The molecule has 0 N–H and O–H groups in total. The average Bonchev–Trinajstić information content (AvgIpc) is 3.18. The van der Waals surface area contributed by atoms with Crippen molar-refractivity contribution in [2.75, 3.05) is 11.5 Å². The Kier molecular flexibility index (Phi) is 6.24. The number of anilines is 1. The van der Waals surface area contributed by atoms with E-state index in [1.54, 1.807) is 24.3 Å². The van der Waals surface area contributed by atoms with Crippen molar-refractivity contribution in [3.63, 3.8) is 0 Å². The van der Waals surface area contributed by atoms with Crippen molar-refractivity contribution in [1.29, 1.82) is 0 Å². The first-order valence-corrected chi connectivity index (χ1v) is 11.8. The van der Waals surface area contributed by atoms with E-state index in [9.17, 15) is 19.2 Å². The Balaban J connectivity index is 1.27. The van der Waals surface area contributed by atoms with Gasteiger partial charge >= 0.3 is 5.97 Å². The van der Waals surface area contributed by atoms with Crippen LogP contribution in [-0.4, -0.2) is 30.2 Å². The fourth-order valence-corrected chi connectivity index (χ4v) is 4.24. The molecule has 1 aliphatic rings. The van der Waals surface area contributed by atoms with Gasteiger partial charge in [-0.2, -0.15) is 0 Å². The Bertz CT molecular complexity index is 1550. The highest BCUT2D eigenvalue weighted by atomic mass is 16.5. The second kappa shape index (κ2) is 9.66. The Labute approximate surface area is 214 Å². The third kappa shape index (κ3) is 4.57. The molecule has 0 fully saturated rings. The number of esters is 1. The van der Waals surface area contributed by atoms with E-state index in [-0.39, 0.29) is 22.5 Å². The zero-order chi connectivity index (χ0) is 26.1. The Morgan fingerprint density at radius 2 is 1.32 bits per heavy atom. The summed E-state index contributed by atoms with van der Waals surface area (Å²) < 4.78 is 5.22. The molecule has 0 atom stereocenters. The fraction of sp³-hybridized carbons (Fsp3) is 0.0968. The van der Waals surface area contributed by atoms with Gasteiger partial charge in [0.25, 0.3) is 11.8 Å². The lowest BCUT2D eigenvalue weighted by Crippen LogP contribution is -2.29. The molecule has 0 aromatic heterocycles. The minimum absolute atomic E-state index is 0.0917. The molecule has 0 bridgehead atoms. The molecule has 0 unspecified atom stereocenters. The standard InChI is InChI=1S/C31H23NO5/c1-19-8-14-25(16-20(19)2)32-29(34)26-15-13-24(17-27(26)30(32)35)31(36)37-18-28(33)23-11-9-22(10-12-23)21-6-4-3-5-7-21/h3-17H,18H2,1-2H3. The number of amides is 2. The van der Waals surface area contributed by atoms with Gasteiger partial charge in [0.2, 0.25) is 0 Å². The van der Waals surface area contributed by atoms with Gasteiger partial charge in [-0.3, -0.25) is 14.4 Å². The zero-order valence-corrected chi connectivity index (χ0v) is 20.4. The van der Waals surface area contributed by atoms with Gasteiger partial charge in [0, 0.05) is 5.56 Å². The SMILES string of the molecule is Cc1ccc(N2C(=O)c3ccc(C(=O)OCC(=O)c4ccc(-c5ccccc5)cc4)cc3C2=O)cc1C. The minimum atomic E-state index is -0.748. The van der Waals surface area contributed by atoms with Crippen LogP contribution in [0.15, 0.2) is 91.0 Å². The summed E-state index contributed by atoms with van der Waals surface area (Å²) >= 11 is 0. The highest BCUT2D eigenvalue weighted by molar-refractivity contribution is 6.34. The Morgan fingerprint density at radius 3 is 2.03 bits per heavy atom. The van der Waals surface area contributed by atoms with E-state index < -0.39 is 24.4 Å². The van der Waals surface area contributed by atoms with Gasteiger partial charge in [-0.25, -0.2) is 9.69 Å². The molecule has 0 saturated carbocycles. The predicted octanol–water partition coefficient (Wildman–Crippen LogP) is 5.81. The number of nitrogens with zero attached hydrogens (tertiary/aromatic N) is 1. The number of ether oxygens (including phenoxy) is 1. The van der Waals surface area contributed by atoms with Crippen molar-refractivity contribution in [2.24, 2.45) is 0 Å². The van der Waals surface area contributed by atoms with Crippen molar-refractivity contribution in [3.8, 4) is 11.1 Å². The van der Waals surface area contributed by atoms with Crippen LogP contribution in [0.3, 0.4) is 0 Å². The summed E-state index contributed by atoms with van der Waals surface area (Å²) in [6, 6.07) is 26.4. The van der Waals surface area contributed by atoms with Crippen LogP contribution in [0.25, 0.3) is 11.1 Å². The monoisotopic (exact) mass is 489 g/mol. The van der Waals surface area contributed by atoms with Gasteiger partial charge in [-0.05, 0) is 66.4 Å². The maximum absolute atomic E-state index is 13.1. The molecular formula is C31H23NO5. The number of imide groups is 1.